The minimum Gasteiger partial charge on any atom is -0.399 e. The Morgan fingerprint density at radius 2 is 1.88 bits per heavy atom. The van der Waals surface area contributed by atoms with Crippen molar-refractivity contribution in [2.75, 3.05) is 12.8 Å². The highest BCUT2D eigenvalue weighted by Gasteiger charge is 2.23. The van der Waals surface area contributed by atoms with E-state index in [9.17, 15) is 0 Å². The summed E-state index contributed by atoms with van der Waals surface area (Å²) in [5.41, 5.74) is 7.94. The molecule has 17 heavy (non-hydrogen) atoms. The molecule has 2 N–H and O–H groups in total. The fourth-order valence-electron chi connectivity index (χ4n) is 1.85. The first kappa shape index (κ1) is 14.3. The van der Waals surface area contributed by atoms with Gasteiger partial charge in [-0.05, 0) is 43.1 Å². The first-order chi connectivity index (χ1) is 7.70. The highest BCUT2D eigenvalue weighted by atomic mass is 35.5. The van der Waals surface area contributed by atoms with Gasteiger partial charge in [0.1, 0.15) is 0 Å². The van der Waals surface area contributed by atoms with Gasteiger partial charge in [-0.15, -0.1) is 0 Å². The van der Waals surface area contributed by atoms with Crippen LogP contribution in [0.5, 0.6) is 0 Å². The molecule has 0 radical (unpaired) electrons. The van der Waals surface area contributed by atoms with Crippen molar-refractivity contribution >= 4 is 17.3 Å². The first-order valence-electron chi connectivity index (χ1n) is 5.95. The van der Waals surface area contributed by atoms with E-state index in [1.165, 1.54) is 0 Å². The van der Waals surface area contributed by atoms with E-state index in [0.29, 0.717) is 11.1 Å². The maximum Gasteiger partial charge on any atom is 0.0429 e. The van der Waals surface area contributed by atoms with Crippen molar-refractivity contribution in [2.24, 2.45) is 5.41 Å². The van der Waals surface area contributed by atoms with Crippen molar-refractivity contribution < 1.29 is 0 Å². The molecule has 1 aromatic rings. The highest BCUT2D eigenvalue weighted by Crippen LogP contribution is 2.25. The fourth-order valence-corrected chi connectivity index (χ4v) is 2.12. The standard InChI is InChI=1S/C14H23ClN2/c1-10(14(2,3)4)17(5)9-11-6-12(15)8-13(16)7-11/h6-8,10H,9,16H2,1-5H3. The maximum absolute atomic E-state index is 6.00. The van der Waals surface area contributed by atoms with Crippen LogP contribution in [-0.4, -0.2) is 18.0 Å². The molecule has 0 heterocycles. The minimum absolute atomic E-state index is 0.263. The monoisotopic (exact) mass is 254 g/mol. The molecule has 1 aromatic carbocycles. The molecule has 0 aromatic heterocycles. The van der Waals surface area contributed by atoms with E-state index < -0.39 is 0 Å². The zero-order chi connectivity index (χ0) is 13.2. The second-order valence-electron chi connectivity index (χ2n) is 5.85. The lowest BCUT2D eigenvalue weighted by molar-refractivity contribution is 0.135. The largest absolute Gasteiger partial charge is 0.399 e. The molecule has 0 fully saturated rings. The van der Waals surface area contributed by atoms with Gasteiger partial charge in [0.2, 0.25) is 0 Å². The molecule has 3 heteroatoms. The van der Waals surface area contributed by atoms with Gasteiger partial charge in [-0.2, -0.15) is 0 Å². The number of benzene rings is 1. The summed E-state index contributed by atoms with van der Waals surface area (Å²) in [4.78, 5) is 2.32. The van der Waals surface area contributed by atoms with E-state index in [2.05, 4.69) is 39.6 Å². The van der Waals surface area contributed by atoms with Crippen molar-refractivity contribution in [1.82, 2.24) is 4.90 Å². The topological polar surface area (TPSA) is 29.3 Å². The predicted octanol–water partition coefficient (Wildman–Crippen LogP) is 3.79. The Kier molecular flexibility index (Phi) is 4.45. The van der Waals surface area contributed by atoms with Crippen LogP contribution in [0, 0.1) is 5.41 Å². The van der Waals surface area contributed by atoms with Crippen molar-refractivity contribution in [3.05, 3.63) is 28.8 Å². The quantitative estimate of drug-likeness (QED) is 0.832. The van der Waals surface area contributed by atoms with Gasteiger partial charge in [-0.1, -0.05) is 32.4 Å². The number of hydrogen-bond acceptors (Lipinski definition) is 2. The van der Waals surface area contributed by atoms with Gasteiger partial charge in [-0.3, -0.25) is 4.90 Å². The van der Waals surface area contributed by atoms with E-state index >= 15 is 0 Å². The molecule has 0 spiro atoms. The molecular weight excluding hydrogens is 232 g/mol. The average Bonchev–Trinajstić information content (AvgIpc) is 2.13. The number of nitrogens with zero attached hydrogens (tertiary/aromatic N) is 1. The zero-order valence-electron chi connectivity index (χ0n) is 11.4. The van der Waals surface area contributed by atoms with Crippen molar-refractivity contribution in [3.63, 3.8) is 0 Å². The third-order valence-electron chi connectivity index (χ3n) is 3.33. The molecule has 0 aliphatic carbocycles. The normalized spacial score (nSPS) is 14.1. The molecule has 1 unspecified atom stereocenters. The smallest absolute Gasteiger partial charge is 0.0429 e. The Balaban J connectivity index is 2.77. The van der Waals surface area contributed by atoms with Gasteiger partial charge in [0.15, 0.2) is 0 Å². The van der Waals surface area contributed by atoms with Crippen LogP contribution in [0.2, 0.25) is 5.02 Å². The lowest BCUT2D eigenvalue weighted by Gasteiger charge is -2.35. The van der Waals surface area contributed by atoms with Crippen LogP contribution in [0.3, 0.4) is 0 Å². The molecule has 1 atom stereocenters. The van der Waals surface area contributed by atoms with Gasteiger partial charge in [0.05, 0.1) is 0 Å². The van der Waals surface area contributed by atoms with Gasteiger partial charge < -0.3 is 5.73 Å². The molecule has 1 rings (SSSR count). The lowest BCUT2D eigenvalue weighted by Crippen LogP contribution is -2.38. The third-order valence-corrected chi connectivity index (χ3v) is 3.54. The zero-order valence-corrected chi connectivity index (χ0v) is 12.2. The molecule has 0 saturated heterocycles. The summed E-state index contributed by atoms with van der Waals surface area (Å²) in [6, 6.07) is 6.22. The van der Waals surface area contributed by atoms with E-state index in [0.717, 1.165) is 17.8 Å². The second-order valence-corrected chi connectivity index (χ2v) is 6.29. The Morgan fingerprint density at radius 1 is 1.29 bits per heavy atom. The summed E-state index contributed by atoms with van der Waals surface area (Å²) >= 11 is 6.00. The van der Waals surface area contributed by atoms with Crippen molar-refractivity contribution in [3.8, 4) is 0 Å². The molecule has 96 valence electrons. The van der Waals surface area contributed by atoms with Crippen LogP contribution >= 0.6 is 11.6 Å². The minimum atomic E-state index is 0.263. The number of halogens is 1. The number of anilines is 1. The number of nitrogens with two attached hydrogens (primary N) is 1. The molecule has 0 saturated carbocycles. The van der Waals surface area contributed by atoms with Gasteiger partial charge in [0.25, 0.3) is 0 Å². The van der Waals surface area contributed by atoms with E-state index in [-0.39, 0.29) is 5.41 Å². The average molecular weight is 255 g/mol. The summed E-state index contributed by atoms with van der Waals surface area (Å²) in [6.07, 6.45) is 0. The van der Waals surface area contributed by atoms with Crippen LogP contribution in [0.1, 0.15) is 33.3 Å². The number of nitrogen functional groups attached to an aromatic ring is 1. The Bertz CT molecular complexity index is 362. The highest BCUT2D eigenvalue weighted by molar-refractivity contribution is 6.30. The number of hydrogen-bond donors (Lipinski definition) is 1. The molecule has 0 aliphatic rings. The molecule has 0 amide bonds. The van der Waals surface area contributed by atoms with Crippen LogP contribution in [-0.2, 0) is 6.54 Å². The van der Waals surface area contributed by atoms with Crippen LogP contribution in [0.15, 0.2) is 18.2 Å². The third kappa shape index (κ3) is 4.21. The Labute approximate surface area is 110 Å². The second kappa shape index (κ2) is 5.28. The fraction of sp³-hybridized carbons (Fsp3) is 0.571. The van der Waals surface area contributed by atoms with Gasteiger partial charge >= 0.3 is 0 Å². The van der Waals surface area contributed by atoms with Gasteiger partial charge in [0, 0.05) is 23.3 Å². The van der Waals surface area contributed by atoms with Crippen LogP contribution in [0.25, 0.3) is 0 Å². The first-order valence-corrected chi connectivity index (χ1v) is 6.33. The van der Waals surface area contributed by atoms with Crippen molar-refractivity contribution in [1.29, 1.82) is 0 Å². The van der Waals surface area contributed by atoms with Crippen molar-refractivity contribution in [2.45, 2.75) is 40.3 Å². The number of rotatable bonds is 3. The van der Waals surface area contributed by atoms with Crippen LogP contribution < -0.4 is 5.73 Å². The van der Waals surface area contributed by atoms with E-state index in [4.69, 9.17) is 17.3 Å². The Hall–Kier alpha value is -0.730. The van der Waals surface area contributed by atoms with E-state index in [1.54, 1.807) is 6.07 Å². The Morgan fingerprint density at radius 3 is 2.35 bits per heavy atom. The molecule has 0 aliphatic heterocycles. The summed E-state index contributed by atoms with van der Waals surface area (Å²) < 4.78 is 0. The summed E-state index contributed by atoms with van der Waals surface area (Å²) in [6.45, 7) is 9.86. The SMILES string of the molecule is CC(N(C)Cc1cc(N)cc(Cl)c1)C(C)(C)C. The summed E-state index contributed by atoms with van der Waals surface area (Å²) in [5, 5.41) is 0.705. The molecule has 2 nitrogen and oxygen atoms in total. The summed E-state index contributed by atoms with van der Waals surface area (Å²) in [7, 11) is 2.13. The molecular formula is C14H23ClN2. The predicted molar refractivity (Wildman–Crippen MR) is 76.2 cm³/mol. The van der Waals surface area contributed by atoms with Gasteiger partial charge in [-0.25, -0.2) is 0 Å². The summed E-state index contributed by atoms with van der Waals surface area (Å²) in [5.74, 6) is 0. The molecule has 0 bridgehead atoms. The lowest BCUT2D eigenvalue weighted by atomic mass is 9.87. The maximum atomic E-state index is 6.00. The van der Waals surface area contributed by atoms with E-state index in [1.807, 2.05) is 12.1 Å². The van der Waals surface area contributed by atoms with Crippen LogP contribution in [0.4, 0.5) is 5.69 Å².